The lowest BCUT2D eigenvalue weighted by molar-refractivity contribution is 0.131. The molecule has 0 aromatic carbocycles. The molecule has 1 N–H and O–H groups in total. The molecule has 3 aromatic rings. The van der Waals surface area contributed by atoms with E-state index >= 15 is 0 Å². The Morgan fingerprint density at radius 2 is 2.22 bits per heavy atom. The Morgan fingerprint density at radius 3 is 2.96 bits per heavy atom. The standard InChI is InChI=1S/C16H15ClN4O5S/c1-20-10-6-25-5-9(10)15(23)21(16(20)24)4-14-18-13(19-26-14)3-11(22)12-2-8(17)7-27-12/h2,7,11,22H,3-6H2,1H3/t11-/m0/s1. The SMILES string of the molecule is Cn1c2c(c(=O)n(Cc3nc(C[C@H](O)c4cc(Cl)cs4)no3)c1=O)COC2. The number of hydrogen-bond donors (Lipinski definition) is 1. The number of aliphatic hydroxyl groups is 1. The van der Waals surface area contributed by atoms with Gasteiger partial charge in [0.2, 0.25) is 5.89 Å². The molecule has 142 valence electrons. The van der Waals surface area contributed by atoms with Gasteiger partial charge in [-0.2, -0.15) is 4.98 Å². The lowest BCUT2D eigenvalue weighted by Gasteiger charge is -2.09. The average molecular weight is 411 g/mol. The molecule has 0 aliphatic carbocycles. The van der Waals surface area contributed by atoms with E-state index in [1.54, 1.807) is 18.5 Å². The fourth-order valence-corrected chi connectivity index (χ4v) is 4.01. The third kappa shape index (κ3) is 3.36. The van der Waals surface area contributed by atoms with Gasteiger partial charge in [0.15, 0.2) is 5.82 Å². The van der Waals surface area contributed by atoms with Gasteiger partial charge in [-0.1, -0.05) is 16.8 Å². The number of aliphatic hydroxyl groups excluding tert-OH is 1. The second-order valence-corrected chi connectivity index (χ2v) is 7.52. The van der Waals surface area contributed by atoms with Crippen molar-refractivity contribution in [3.63, 3.8) is 0 Å². The Hall–Kier alpha value is -2.27. The summed E-state index contributed by atoms with van der Waals surface area (Å²) in [6.07, 6.45) is -0.689. The van der Waals surface area contributed by atoms with E-state index in [4.69, 9.17) is 20.9 Å². The third-order valence-electron chi connectivity index (χ3n) is 4.36. The maximum absolute atomic E-state index is 12.5. The van der Waals surface area contributed by atoms with Crippen LogP contribution in [0, 0.1) is 0 Å². The minimum atomic E-state index is -0.819. The van der Waals surface area contributed by atoms with Gasteiger partial charge in [-0.15, -0.1) is 11.3 Å². The minimum absolute atomic E-state index is 0.111. The third-order valence-corrected chi connectivity index (χ3v) is 5.74. The maximum Gasteiger partial charge on any atom is 0.331 e. The summed E-state index contributed by atoms with van der Waals surface area (Å²) >= 11 is 7.19. The van der Waals surface area contributed by atoms with E-state index in [9.17, 15) is 14.7 Å². The molecule has 3 aromatic heterocycles. The zero-order valence-electron chi connectivity index (χ0n) is 14.2. The summed E-state index contributed by atoms with van der Waals surface area (Å²) in [5, 5.41) is 16.3. The van der Waals surface area contributed by atoms with Gasteiger partial charge in [-0.3, -0.25) is 13.9 Å². The molecule has 1 aliphatic rings. The Morgan fingerprint density at radius 1 is 1.41 bits per heavy atom. The number of thiophene rings is 1. The Bertz CT molecular complexity index is 1110. The van der Waals surface area contributed by atoms with Crippen LogP contribution in [0.15, 0.2) is 25.6 Å². The molecule has 0 amide bonds. The van der Waals surface area contributed by atoms with Crippen LogP contribution in [0.5, 0.6) is 0 Å². The van der Waals surface area contributed by atoms with E-state index in [0.29, 0.717) is 21.2 Å². The molecule has 0 saturated carbocycles. The number of nitrogens with zero attached hydrogens (tertiary/aromatic N) is 4. The van der Waals surface area contributed by atoms with Crippen molar-refractivity contribution in [3.8, 4) is 0 Å². The van der Waals surface area contributed by atoms with Crippen LogP contribution in [-0.2, 0) is 38.0 Å². The summed E-state index contributed by atoms with van der Waals surface area (Å²) in [7, 11) is 1.59. The van der Waals surface area contributed by atoms with E-state index in [1.165, 1.54) is 15.9 Å². The monoisotopic (exact) mass is 410 g/mol. The van der Waals surface area contributed by atoms with Crippen molar-refractivity contribution in [1.29, 1.82) is 0 Å². The molecule has 11 heteroatoms. The van der Waals surface area contributed by atoms with Crippen LogP contribution in [0.4, 0.5) is 0 Å². The molecule has 0 saturated heterocycles. The lowest BCUT2D eigenvalue weighted by atomic mass is 10.2. The Balaban J connectivity index is 1.56. The molecule has 0 radical (unpaired) electrons. The molecular formula is C16H15ClN4O5S. The molecular weight excluding hydrogens is 396 g/mol. The van der Waals surface area contributed by atoms with E-state index in [0.717, 1.165) is 4.57 Å². The summed E-state index contributed by atoms with van der Waals surface area (Å²) in [6, 6.07) is 1.67. The van der Waals surface area contributed by atoms with E-state index in [1.807, 2.05) is 0 Å². The first-order valence-corrected chi connectivity index (χ1v) is 9.32. The fraction of sp³-hybridized carbons (Fsp3) is 0.375. The molecule has 1 aliphatic heterocycles. The number of rotatable bonds is 5. The molecule has 9 nitrogen and oxygen atoms in total. The highest BCUT2D eigenvalue weighted by atomic mass is 35.5. The number of ether oxygens (including phenoxy) is 1. The highest BCUT2D eigenvalue weighted by molar-refractivity contribution is 7.10. The van der Waals surface area contributed by atoms with Crippen LogP contribution in [0.1, 0.15) is 34.0 Å². The number of aromatic nitrogens is 4. The number of fused-ring (bicyclic) bond motifs is 1. The van der Waals surface area contributed by atoms with E-state index in [-0.39, 0.29) is 37.9 Å². The van der Waals surface area contributed by atoms with Crippen molar-refractivity contribution in [2.45, 2.75) is 32.3 Å². The van der Waals surface area contributed by atoms with Crippen LogP contribution in [0.25, 0.3) is 0 Å². The van der Waals surface area contributed by atoms with Gasteiger partial charge < -0.3 is 14.4 Å². The summed E-state index contributed by atoms with van der Waals surface area (Å²) in [5.41, 5.74) is 0.155. The maximum atomic E-state index is 12.5. The van der Waals surface area contributed by atoms with Crippen molar-refractivity contribution in [1.82, 2.24) is 19.3 Å². The number of halogens is 1. The highest BCUT2D eigenvalue weighted by Gasteiger charge is 2.23. The molecule has 0 fully saturated rings. The summed E-state index contributed by atoms with van der Waals surface area (Å²) in [6.45, 7) is 0.270. The van der Waals surface area contributed by atoms with E-state index < -0.39 is 17.4 Å². The molecule has 0 unspecified atom stereocenters. The molecule has 4 heterocycles. The first-order valence-electron chi connectivity index (χ1n) is 8.07. The quantitative estimate of drug-likeness (QED) is 0.667. The van der Waals surface area contributed by atoms with E-state index in [2.05, 4.69) is 10.1 Å². The fourth-order valence-electron chi connectivity index (χ4n) is 2.94. The van der Waals surface area contributed by atoms with Crippen LogP contribution >= 0.6 is 22.9 Å². The lowest BCUT2D eigenvalue weighted by Crippen LogP contribution is -2.42. The minimum Gasteiger partial charge on any atom is -0.387 e. The predicted molar refractivity (Wildman–Crippen MR) is 95.8 cm³/mol. The molecule has 1 atom stereocenters. The molecule has 0 spiro atoms. The van der Waals surface area contributed by atoms with Gasteiger partial charge in [-0.25, -0.2) is 4.79 Å². The topological polar surface area (TPSA) is 112 Å². The van der Waals surface area contributed by atoms with Crippen molar-refractivity contribution in [2.24, 2.45) is 7.05 Å². The van der Waals surface area contributed by atoms with Crippen molar-refractivity contribution in [2.75, 3.05) is 0 Å². The largest absolute Gasteiger partial charge is 0.387 e. The zero-order valence-corrected chi connectivity index (χ0v) is 15.8. The van der Waals surface area contributed by atoms with Crippen molar-refractivity contribution < 1.29 is 14.4 Å². The summed E-state index contributed by atoms with van der Waals surface area (Å²) in [5.74, 6) is 0.385. The van der Waals surface area contributed by atoms with Crippen molar-refractivity contribution >= 4 is 22.9 Å². The second kappa shape index (κ2) is 7.04. The summed E-state index contributed by atoms with van der Waals surface area (Å²) in [4.78, 5) is 29.9. The Kier molecular flexibility index (Phi) is 4.72. The summed E-state index contributed by atoms with van der Waals surface area (Å²) < 4.78 is 12.8. The molecule has 0 bridgehead atoms. The van der Waals surface area contributed by atoms with Crippen LogP contribution in [-0.4, -0.2) is 24.4 Å². The van der Waals surface area contributed by atoms with Gasteiger partial charge in [0.25, 0.3) is 5.56 Å². The first-order chi connectivity index (χ1) is 12.9. The van der Waals surface area contributed by atoms with Gasteiger partial charge in [0.1, 0.15) is 6.54 Å². The van der Waals surface area contributed by atoms with Gasteiger partial charge in [0, 0.05) is 23.7 Å². The van der Waals surface area contributed by atoms with Crippen LogP contribution < -0.4 is 11.2 Å². The van der Waals surface area contributed by atoms with Crippen molar-refractivity contribution in [3.05, 3.63) is 65.2 Å². The normalized spacial score (nSPS) is 14.5. The van der Waals surface area contributed by atoms with Gasteiger partial charge >= 0.3 is 5.69 Å². The molecule has 27 heavy (non-hydrogen) atoms. The highest BCUT2D eigenvalue weighted by Crippen LogP contribution is 2.27. The zero-order chi connectivity index (χ0) is 19.1. The predicted octanol–water partition coefficient (Wildman–Crippen LogP) is 1.000. The average Bonchev–Trinajstić information content (AvgIpc) is 3.37. The first kappa shape index (κ1) is 18.1. The van der Waals surface area contributed by atoms with Gasteiger partial charge in [0.05, 0.1) is 35.6 Å². The van der Waals surface area contributed by atoms with Crippen LogP contribution in [0.3, 0.4) is 0 Å². The molecule has 4 rings (SSSR count). The smallest absolute Gasteiger partial charge is 0.331 e. The second-order valence-electron chi connectivity index (χ2n) is 6.14. The number of hydrogen-bond acceptors (Lipinski definition) is 8. The van der Waals surface area contributed by atoms with Gasteiger partial charge in [-0.05, 0) is 6.07 Å². The Labute approximate surface area is 161 Å². The van der Waals surface area contributed by atoms with Crippen LogP contribution in [0.2, 0.25) is 5.02 Å².